The van der Waals surface area contributed by atoms with E-state index >= 15 is 0 Å². The van der Waals surface area contributed by atoms with Crippen LogP contribution in [-0.4, -0.2) is 9.49 Å². The highest BCUT2D eigenvalue weighted by molar-refractivity contribution is 6.16. The van der Waals surface area contributed by atoms with Crippen LogP contribution in [0.1, 0.15) is 0 Å². The molecule has 0 atom stereocenters. The van der Waals surface area contributed by atoms with Crippen LogP contribution in [0.2, 0.25) is 0 Å². The first-order chi connectivity index (χ1) is 15.7. The number of non-ortho nitro benzene ring substituents is 1. The first-order valence-corrected chi connectivity index (χ1v) is 10.5. The summed E-state index contributed by atoms with van der Waals surface area (Å²) in [4.78, 5) is 11.6. The Balaban J connectivity index is 1.82. The van der Waals surface area contributed by atoms with Gasteiger partial charge in [0.15, 0.2) is 0 Å². The number of nitro benzene ring substituents is 1. The van der Waals surface area contributed by atoms with Gasteiger partial charge in [0.05, 0.1) is 21.3 Å². The predicted molar refractivity (Wildman–Crippen MR) is 130 cm³/mol. The van der Waals surface area contributed by atoms with Crippen molar-refractivity contribution in [2.24, 2.45) is 0 Å². The lowest BCUT2D eigenvalue weighted by molar-refractivity contribution is -0.383. The maximum atomic E-state index is 11.9. The number of nitrogens with zero attached hydrogens (tertiary/aromatic N) is 2. The number of para-hydroxylation sites is 3. The van der Waals surface area contributed by atoms with E-state index in [-0.39, 0.29) is 10.6 Å². The van der Waals surface area contributed by atoms with Crippen molar-refractivity contribution >= 4 is 38.3 Å². The fourth-order valence-corrected chi connectivity index (χ4v) is 4.78. The summed E-state index contributed by atoms with van der Waals surface area (Å²) in [6.07, 6.45) is 0. The lowest BCUT2D eigenvalue weighted by atomic mass is 9.95. The van der Waals surface area contributed by atoms with E-state index in [1.165, 1.54) is 0 Å². The Hall–Kier alpha value is -4.44. The summed E-state index contributed by atoms with van der Waals surface area (Å²) in [6.45, 7) is 0. The van der Waals surface area contributed by atoms with Crippen LogP contribution in [0.4, 0.5) is 5.69 Å². The molecule has 0 unspecified atom stereocenters. The van der Waals surface area contributed by atoms with Gasteiger partial charge in [-0.2, -0.15) is 0 Å². The van der Waals surface area contributed by atoms with Crippen molar-refractivity contribution in [1.29, 1.82) is 0 Å². The van der Waals surface area contributed by atoms with Gasteiger partial charge in [0.1, 0.15) is 0 Å². The van der Waals surface area contributed by atoms with Crippen molar-refractivity contribution in [3.63, 3.8) is 0 Å². The third-order valence-corrected chi connectivity index (χ3v) is 6.08. The van der Waals surface area contributed by atoms with Gasteiger partial charge in [0, 0.05) is 28.1 Å². The molecule has 0 amide bonds. The van der Waals surface area contributed by atoms with Crippen LogP contribution in [0.25, 0.3) is 49.4 Å². The molecule has 0 N–H and O–H groups in total. The van der Waals surface area contributed by atoms with Crippen LogP contribution in [0.3, 0.4) is 0 Å². The number of nitro groups is 1. The molecule has 6 rings (SSSR count). The molecule has 6 aromatic rings. The van der Waals surface area contributed by atoms with E-state index in [1.54, 1.807) is 12.1 Å². The predicted octanol–water partition coefficient (Wildman–Crippen LogP) is 7.51. The largest absolute Gasteiger partial charge is 0.309 e. The minimum atomic E-state index is -0.293. The fourth-order valence-electron chi connectivity index (χ4n) is 4.78. The smallest absolute Gasteiger partial charge is 0.277 e. The number of hydrogen-bond donors (Lipinski definition) is 0. The van der Waals surface area contributed by atoms with Gasteiger partial charge in [0.25, 0.3) is 5.69 Å². The molecular formula is C28H18N2O2. The summed E-state index contributed by atoms with van der Waals surface area (Å²) in [5.41, 5.74) is 5.17. The van der Waals surface area contributed by atoms with E-state index in [0.29, 0.717) is 5.39 Å². The summed E-state index contributed by atoms with van der Waals surface area (Å²) in [5.74, 6) is 0. The van der Waals surface area contributed by atoms with E-state index < -0.39 is 0 Å². The molecule has 0 spiro atoms. The quantitative estimate of drug-likeness (QED) is 0.222. The Kier molecular flexibility index (Phi) is 4.05. The third-order valence-electron chi connectivity index (χ3n) is 6.08. The second-order valence-corrected chi connectivity index (χ2v) is 7.83. The second kappa shape index (κ2) is 7.06. The molecule has 32 heavy (non-hydrogen) atoms. The average molecular weight is 414 g/mol. The number of hydrogen-bond acceptors (Lipinski definition) is 2. The molecule has 0 fully saturated rings. The number of fused-ring (bicyclic) bond motifs is 4. The van der Waals surface area contributed by atoms with Gasteiger partial charge in [0.2, 0.25) is 0 Å². The van der Waals surface area contributed by atoms with Gasteiger partial charge >= 0.3 is 0 Å². The Morgan fingerprint density at radius 1 is 0.625 bits per heavy atom. The topological polar surface area (TPSA) is 48.1 Å². The number of benzene rings is 5. The normalized spacial score (nSPS) is 11.4. The zero-order valence-electron chi connectivity index (χ0n) is 17.1. The van der Waals surface area contributed by atoms with Crippen LogP contribution in [0.15, 0.2) is 109 Å². The molecule has 152 valence electrons. The van der Waals surface area contributed by atoms with Gasteiger partial charge < -0.3 is 4.57 Å². The molecule has 0 saturated heterocycles. The van der Waals surface area contributed by atoms with Crippen molar-refractivity contribution in [2.75, 3.05) is 0 Å². The monoisotopic (exact) mass is 414 g/mol. The highest BCUT2D eigenvalue weighted by Gasteiger charge is 2.20. The number of aromatic nitrogens is 1. The maximum Gasteiger partial charge on any atom is 0.277 e. The molecule has 1 aromatic heterocycles. The fraction of sp³-hybridized carbons (Fsp3) is 0. The maximum absolute atomic E-state index is 11.9. The highest BCUT2D eigenvalue weighted by Crippen LogP contribution is 2.42. The lowest BCUT2D eigenvalue weighted by Crippen LogP contribution is -1.96. The van der Waals surface area contributed by atoms with Gasteiger partial charge in [-0.1, -0.05) is 84.9 Å². The minimum absolute atomic E-state index is 0.123. The molecule has 0 radical (unpaired) electrons. The molecule has 4 heteroatoms. The summed E-state index contributed by atoms with van der Waals surface area (Å²) >= 11 is 0. The van der Waals surface area contributed by atoms with E-state index in [2.05, 4.69) is 41.0 Å². The Labute approximate surface area is 184 Å². The van der Waals surface area contributed by atoms with Crippen LogP contribution >= 0.6 is 0 Å². The van der Waals surface area contributed by atoms with E-state index in [0.717, 1.165) is 44.0 Å². The van der Waals surface area contributed by atoms with Crippen molar-refractivity contribution in [1.82, 2.24) is 4.57 Å². The Morgan fingerprint density at radius 2 is 1.28 bits per heavy atom. The zero-order valence-corrected chi connectivity index (χ0v) is 17.1. The van der Waals surface area contributed by atoms with Gasteiger partial charge in [-0.3, -0.25) is 10.1 Å². The minimum Gasteiger partial charge on any atom is -0.309 e. The molecule has 0 aliphatic rings. The van der Waals surface area contributed by atoms with Crippen LogP contribution in [0.5, 0.6) is 0 Å². The first kappa shape index (κ1) is 18.3. The van der Waals surface area contributed by atoms with Crippen molar-refractivity contribution < 1.29 is 4.92 Å². The summed E-state index contributed by atoms with van der Waals surface area (Å²) in [6, 6.07) is 35.9. The van der Waals surface area contributed by atoms with Gasteiger partial charge in [-0.25, -0.2) is 0 Å². The first-order valence-electron chi connectivity index (χ1n) is 10.5. The van der Waals surface area contributed by atoms with Gasteiger partial charge in [-0.15, -0.1) is 0 Å². The standard InChI is InChI=1S/C28H18N2O2/c31-30(32)26-18-7-10-19-9-6-14-22(27(19)26)24-16-8-15-23-21-13-4-5-17-25(21)29(28(23)24)20-11-2-1-3-12-20/h1-18H. The SMILES string of the molecule is O=[N+]([O-])c1cccc2cccc(-c3cccc4c5ccccc5n(-c5ccccc5)c34)c12. The average Bonchev–Trinajstić information content (AvgIpc) is 3.18. The Morgan fingerprint density at radius 3 is 2.09 bits per heavy atom. The van der Waals surface area contributed by atoms with Crippen molar-refractivity contribution in [2.45, 2.75) is 0 Å². The summed E-state index contributed by atoms with van der Waals surface area (Å²) in [7, 11) is 0. The van der Waals surface area contributed by atoms with Crippen LogP contribution < -0.4 is 0 Å². The van der Waals surface area contributed by atoms with E-state index in [9.17, 15) is 10.1 Å². The Bertz CT molecular complexity index is 1640. The number of rotatable bonds is 3. The molecule has 0 saturated carbocycles. The highest BCUT2D eigenvalue weighted by atomic mass is 16.6. The van der Waals surface area contributed by atoms with E-state index in [1.807, 2.05) is 60.7 Å². The zero-order chi connectivity index (χ0) is 21.7. The molecule has 0 aliphatic carbocycles. The second-order valence-electron chi connectivity index (χ2n) is 7.83. The lowest BCUT2D eigenvalue weighted by Gasteiger charge is -2.13. The molecule has 0 aliphatic heterocycles. The molecule has 4 nitrogen and oxygen atoms in total. The molecule has 0 bridgehead atoms. The molecular weight excluding hydrogens is 396 g/mol. The van der Waals surface area contributed by atoms with Crippen LogP contribution in [-0.2, 0) is 0 Å². The van der Waals surface area contributed by atoms with Crippen molar-refractivity contribution in [3.8, 4) is 16.8 Å². The van der Waals surface area contributed by atoms with E-state index in [4.69, 9.17) is 0 Å². The molecule has 5 aromatic carbocycles. The van der Waals surface area contributed by atoms with Crippen LogP contribution in [0, 0.1) is 10.1 Å². The summed E-state index contributed by atoms with van der Waals surface area (Å²) in [5, 5.41) is 15.7. The van der Waals surface area contributed by atoms with Crippen molar-refractivity contribution in [3.05, 3.63) is 119 Å². The van der Waals surface area contributed by atoms with Gasteiger partial charge in [-0.05, 0) is 29.1 Å². The third kappa shape index (κ3) is 2.63. The summed E-state index contributed by atoms with van der Waals surface area (Å²) < 4.78 is 2.26. The molecule has 1 heterocycles.